The van der Waals surface area contributed by atoms with Gasteiger partial charge in [-0.15, -0.1) is 0 Å². The molecule has 1 atom stereocenters. The number of methoxy groups -OCH3 is 2. The fraction of sp³-hybridized carbons (Fsp3) is 0.350. The lowest BCUT2D eigenvalue weighted by atomic mass is 10.1. The van der Waals surface area contributed by atoms with Crippen LogP contribution in [0.2, 0.25) is 5.02 Å². The van der Waals surface area contributed by atoms with Gasteiger partial charge in [-0.25, -0.2) is 0 Å². The first kappa shape index (κ1) is 19.9. The summed E-state index contributed by atoms with van der Waals surface area (Å²) in [6.45, 7) is 4.11. The third kappa shape index (κ3) is 5.30. The fourth-order valence-electron chi connectivity index (χ4n) is 2.46. The highest BCUT2D eigenvalue weighted by Crippen LogP contribution is 2.27. The zero-order valence-corrected chi connectivity index (χ0v) is 16.2. The number of ether oxygens (including phenoxy) is 3. The minimum Gasteiger partial charge on any atom is -0.493 e. The van der Waals surface area contributed by atoms with E-state index in [-0.39, 0.29) is 5.91 Å². The molecule has 140 valence electrons. The van der Waals surface area contributed by atoms with Crippen LogP contribution in [0.4, 0.5) is 0 Å². The highest BCUT2D eigenvalue weighted by atomic mass is 35.5. The molecule has 0 spiro atoms. The van der Waals surface area contributed by atoms with Crippen molar-refractivity contribution >= 4 is 17.5 Å². The van der Waals surface area contributed by atoms with Gasteiger partial charge >= 0.3 is 0 Å². The Bertz CT molecular complexity index is 763. The number of hydrogen-bond donors (Lipinski definition) is 1. The Balaban J connectivity index is 1.85. The molecule has 1 unspecified atom stereocenters. The van der Waals surface area contributed by atoms with Crippen molar-refractivity contribution in [2.75, 3.05) is 20.8 Å². The van der Waals surface area contributed by atoms with Crippen LogP contribution in [0.5, 0.6) is 17.2 Å². The highest BCUT2D eigenvalue weighted by Gasteiger charge is 2.14. The van der Waals surface area contributed by atoms with E-state index in [0.717, 1.165) is 11.1 Å². The molecular weight excluding hydrogens is 354 g/mol. The van der Waals surface area contributed by atoms with E-state index < -0.39 is 6.10 Å². The van der Waals surface area contributed by atoms with Crippen LogP contribution in [0, 0.1) is 6.92 Å². The third-order valence-corrected chi connectivity index (χ3v) is 4.40. The lowest BCUT2D eigenvalue weighted by Gasteiger charge is -2.15. The topological polar surface area (TPSA) is 56.8 Å². The molecule has 0 saturated carbocycles. The summed E-state index contributed by atoms with van der Waals surface area (Å²) in [5.41, 5.74) is 1.95. The number of carbonyl (C=O) groups is 1. The molecule has 5 nitrogen and oxygen atoms in total. The number of carbonyl (C=O) groups excluding carboxylic acids is 1. The van der Waals surface area contributed by atoms with Crippen LogP contribution >= 0.6 is 11.6 Å². The molecule has 0 radical (unpaired) electrons. The maximum absolute atomic E-state index is 12.2. The van der Waals surface area contributed by atoms with Gasteiger partial charge in [0.2, 0.25) is 0 Å². The van der Waals surface area contributed by atoms with Crippen LogP contribution in [0.15, 0.2) is 36.4 Å². The zero-order chi connectivity index (χ0) is 19.1. The van der Waals surface area contributed by atoms with Gasteiger partial charge in [-0.3, -0.25) is 4.79 Å². The van der Waals surface area contributed by atoms with E-state index in [1.807, 2.05) is 31.2 Å². The van der Waals surface area contributed by atoms with Gasteiger partial charge in [-0.05, 0) is 61.7 Å². The Morgan fingerprint density at radius 3 is 2.50 bits per heavy atom. The molecule has 0 saturated heterocycles. The molecule has 0 bridgehead atoms. The van der Waals surface area contributed by atoms with E-state index in [4.69, 9.17) is 25.8 Å². The molecule has 0 aliphatic heterocycles. The third-order valence-electron chi connectivity index (χ3n) is 3.97. The van der Waals surface area contributed by atoms with E-state index in [1.54, 1.807) is 33.3 Å². The largest absolute Gasteiger partial charge is 0.493 e. The molecule has 26 heavy (non-hydrogen) atoms. The smallest absolute Gasteiger partial charge is 0.260 e. The first-order valence-electron chi connectivity index (χ1n) is 8.36. The zero-order valence-electron chi connectivity index (χ0n) is 15.5. The van der Waals surface area contributed by atoms with Crippen LogP contribution in [0.3, 0.4) is 0 Å². The lowest BCUT2D eigenvalue weighted by molar-refractivity contribution is -0.127. The quantitative estimate of drug-likeness (QED) is 0.760. The number of rotatable bonds is 8. The van der Waals surface area contributed by atoms with E-state index in [0.29, 0.717) is 35.2 Å². The van der Waals surface area contributed by atoms with Crippen molar-refractivity contribution in [1.82, 2.24) is 5.32 Å². The summed E-state index contributed by atoms with van der Waals surface area (Å²) in [5.74, 6) is 1.80. The summed E-state index contributed by atoms with van der Waals surface area (Å²) < 4.78 is 16.2. The summed E-state index contributed by atoms with van der Waals surface area (Å²) in [7, 11) is 3.20. The molecule has 0 heterocycles. The second kappa shape index (κ2) is 9.34. The summed E-state index contributed by atoms with van der Waals surface area (Å²) in [6, 6.07) is 11.0. The summed E-state index contributed by atoms with van der Waals surface area (Å²) in [5, 5.41) is 3.55. The molecule has 0 aromatic heterocycles. The molecule has 2 aromatic carbocycles. The molecule has 2 aromatic rings. The molecule has 1 amide bonds. The second-order valence-electron chi connectivity index (χ2n) is 5.90. The van der Waals surface area contributed by atoms with Gasteiger partial charge < -0.3 is 19.5 Å². The fourth-order valence-corrected chi connectivity index (χ4v) is 2.58. The number of aryl methyl sites for hydroxylation is 1. The SMILES string of the molecule is COc1ccc(CCNC(=O)C(C)Oc2ccc(Cl)c(C)c2)cc1OC. The van der Waals surface area contributed by atoms with Gasteiger partial charge in [-0.1, -0.05) is 17.7 Å². The van der Waals surface area contributed by atoms with Gasteiger partial charge in [0.15, 0.2) is 17.6 Å². The summed E-state index contributed by atoms with van der Waals surface area (Å²) in [4.78, 5) is 12.2. The highest BCUT2D eigenvalue weighted by molar-refractivity contribution is 6.31. The van der Waals surface area contributed by atoms with Gasteiger partial charge in [0.1, 0.15) is 5.75 Å². The predicted octanol–water partition coefficient (Wildman–Crippen LogP) is 3.79. The Kier molecular flexibility index (Phi) is 7.16. The summed E-state index contributed by atoms with van der Waals surface area (Å²) in [6.07, 6.45) is 0.0831. The predicted molar refractivity (Wildman–Crippen MR) is 103 cm³/mol. The Morgan fingerprint density at radius 2 is 1.85 bits per heavy atom. The monoisotopic (exact) mass is 377 g/mol. The standard InChI is InChI=1S/C20H24ClNO4/c1-13-11-16(6-7-17(13)21)26-14(2)20(23)22-10-9-15-5-8-18(24-3)19(12-15)25-4/h5-8,11-12,14H,9-10H2,1-4H3,(H,22,23). The number of hydrogen-bond acceptors (Lipinski definition) is 4. The number of nitrogens with one attached hydrogen (secondary N) is 1. The minimum absolute atomic E-state index is 0.168. The van der Waals surface area contributed by atoms with Gasteiger partial charge in [0.25, 0.3) is 5.91 Å². The van der Waals surface area contributed by atoms with Crippen molar-refractivity contribution in [1.29, 1.82) is 0 Å². The van der Waals surface area contributed by atoms with Crippen LogP contribution in [-0.4, -0.2) is 32.8 Å². The minimum atomic E-state index is -0.596. The number of amides is 1. The van der Waals surface area contributed by atoms with Crippen molar-refractivity contribution in [2.45, 2.75) is 26.4 Å². The Labute approximate surface area is 159 Å². The van der Waals surface area contributed by atoms with Crippen molar-refractivity contribution in [3.05, 3.63) is 52.5 Å². The van der Waals surface area contributed by atoms with Gasteiger partial charge in [-0.2, -0.15) is 0 Å². The van der Waals surface area contributed by atoms with Crippen molar-refractivity contribution in [3.63, 3.8) is 0 Å². The van der Waals surface area contributed by atoms with Crippen molar-refractivity contribution in [2.24, 2.45) is 0 Å². The first-order valence-corrected chi connectivity index (χ1v) is 8.73. The van der Waals surface area contributed by atoms with Crippen molar-refractivity contribution < 1.29 is 19.0 Å². The summed E-state index contributed by atoms with van der Waals surface area (Å²) >= 11 is 6.00. The van der Waals surface area contributed by atoms with E-state index in [9.17, 15) is 4.79 Å². The molecule has 6 heteroatoms. The maximum atomic E-state index is 12.2. The van der Waals surface area contributed by atoms with Crippen LogP contribution in [0.25, 0.3) is 0 Å². The molecule has 0 aliphatic rings. The second-order valence-corrected chi connectivity index (χ2v) is 6.31. The normalized spacial score (nSPS) is 11.6. The van der Waals surface area contributed by atoms with E-state index >= 15 is 0 Å². The van der Waals surface area contributed by atoms with E-state index in [1.165, 1.54) is 0 Å². The van der Waals surface area contributed by atoms with Gasteiger partial charge in [0.05, 0.1) is 14.2 Å². The average molecular weight is 378 g/mol. The van der Waals surface area contributed by atoms with Crippen LogP contribution in [-0.2, 0) is 11.2 Å². The average Bonchev–Trinajstić information content (AvgIpc) is 2.64. The van der Waals surface area contributed by atoms with Crippen LogP contribution in [0.1, 0.15) is 18.1 Å². The lowest BCUT2D eigenvalue weighted by Crippen LogP contribution is -2.37. The number of benzene rings is 2. The Morgan fingerprint density at radius 1 is 1.12 bits per heavy atom. The van der Waals surface area contributed by atoms with Crippen molar-refractivity contribution in [3.8, 4) is 17.2 Å². The Hall–Kier alpha value is -2.40. The molecular formula is C20H24ClNO4. The van der Waals surface area contributed by atoms with Crippen LogP contribution < -0.4 is 19.5 Å². The number of halogens is 1. The van der Waals surface area contributed by atoms with Gasteiger partial charge in [0, 0.05) is 11.6 Å². The van der Waals surface area contributed by atoms with E-state index in [2.05, 4.69) is 5.32 Å². The molecule has 0 aliphatic carbocycles. The molecule has 2 rings (SSSR count). The maximum Gasteiger partial charge on any atom is 0.260 e. The molecule has 1 N–H and O–H groups in total. The molecule has 0 fully saturated rings. The first-order chi connectivity index (χ1) is 12.4.